The topological polar surface area (TPSA) is 168 Å². The van der Waals surface area contributed by atoms with E-state index in [1.165, 1.54) is 23.4 Å². The van der Waals surface area contributed by atoms with Crippen molar-refractivity contribution >= 4 is 46.5 Å². The molecule has 2 unspecified atom stereocenters. The molecule has 4 heterocycles. The average Bonchev–Trinajstić information content (AvgIpc) is 3.28. The number of aromatic nitrogens is 2. The molecule has 4 rings (SSSR count). The Kier molecular flexibility index (Phi) is 10.1. The molecule has 1 aliphatic rings. The number of carbonyl (C=O) groups excluding carboxylic acids is 2. The minimum Gasteiger partial charge on any atom is -0.465 e. The lowest BCUT2D eigenvalue weighted by atomic mass is 9.93. The molecule has 3 amide bonds. The maximum atomic E-state index is 13.8. The number of fused-ring (bicyclic) bond motifs is 1. The van der Waals surface area contributed by atoms with Crippen molar-refractivity contribution in [1.29, 1.82) is 0 Å². The van der Waals surface area contributed by atoms with Crippen molar-refractivity contribution in [2.75, 3.05) is 42.3 Å². The third-order valence-electron chi connectivity index (χ3n) is 6.87. The number of halogens is 3. The first kappa shape index (κ1) is 33.3. The van der Waals surface area contributed by atoms with E-state index in [9.17, 15) is 27.6 Å². The number of furan rings is 1. The van der Waals surface area contributed by atoms with Gasteiger partial charge < -0.3 is 34.5 Å². The average molecular weight is 637 g/mol. The Hall–Kier alpha value is -4.60. The quantitative estimate of drug-likeness (QED) is 0.222. The van der Waals surface area contributed by atoms with E-state index in [0.717, 1.165) is 5.56 Å². The SMILES string of the molecule is COCCCc1cnc2c(C(=O)Nc3cnccc3N3CC(NC(=O)O)CC(C(F)(F)F)C3)c(NC(=O)OC(C)(C)C)oc2c1. The van der Waals surface area contributed by atoms with Crippen LogP contribution in [-0.2, 0) is 15.9 Å². The summed E-state index contributed by atoms with van der Waals surface area (Å²) < 4.78 is 57.7. The number of aryl methyl sites for hydroxylation is 1. The molecule has 0 spiro atoms. The maximum Gasteiger partial charge on any atom is 0.414 e. The van der Waals surface area contributed by atoms with E-state index in [1.54, 1.807) is 40.1 Å². The van der Waals surface area contributed by atoms with Crippen molar-refractivity contribution < 1.29 is 46.6 Å². The Bertz CT molecular complexity index is 1540. The molecule has 1 saturated heterocycles. The highest BCUT2D eigenvalue weighted by Gasteiger charge is 2.45. The van der Waals surface area contributed by atoms with Gasteiger partial charge >= 0.3 is 18.4 Å². The molecule has 3 aromatic heterocycles. The highest BCUT2D eigenvalue weighted by Crippen LogP contribution is 2.38. The number of hydrogen-bond donors (Lipinski definition) is 4. The van der Waals surface area contributed by atoms with Crippen molar-refractivity contribution in [3.05, 3.63) is 41.9 Å². The minimum atomic E-state index is -4.58. The monoisotopic (exact) mass is 636 g/mol. The number of ether oxygens (including phenoxy) is 2. The molecule has 2 atom stereocenters. The predicted molar refractivity (Wildman–Crippen MR) is 158 cm³/mol. The molecule has 0 aliphatic carbocycles. The van der Waals surface area contributed by atoms with E-state index in [1.807, 2.05) is 0 Å². The summed E-state index contributed by atoms with van der Waals surface area (Å²) in [6.07, 6.45) is -1.86. The van der Waals surface area contributed by atoms with Crippen LogP contribution >= 0.6 is 0 Å². The van der Waals surface area contributed by atoms with Crippen LogP contribution in [0, 0.1) is 5.92 Å². The fraction of sp³-hybridized carbons (Fsp3) is 0.483. The number of carbonyl (C=O) groups is 3. The van der Waals surface area contributed by atoms with E-state index >= 15 is 0 Å². The van der Waals surface area contributed by atoms with Gasteiger partial charge in [0.15, 0.2) is 5.58 Å². The van der Waals surface area contributed by atoms with E-state index in [2.05, 4.69) is 25.9 Å². The molecule has 3 aromatic rings. The number of nitrogens with zero attached hydrogens (tertiary/aromatic N) is 3. The summed E-state index contributed by atoms with van der Waals surface area (Å²) in [5.74, 6) is -2.87. The van der Waals surface area contributed by atoms with Crippen LogP contribution < -0.4 is 20.9 Å². The molecule has 1 aliphatic heterocycles. The smallest absolute Gasteiger partial charge is 0.414 e. The summed E-state index contributed by atoms with van der Waals surface area (Å²) in [6, 6.07) is 2.08. The standard InChI is InChI=1S/C29H35F3N6O7/c1-28(2,3)45-27(42)37-25-22(23-21(44-25)10-16(12-34-23)6-5-9-43-4)24(39)36-19-13-33-8-7-20(19)38-14-17(29(30,31)32)11-18(15-38)35-26(40)41/h7-8,10,12-13,17-18,35H,5-6,9,11,14-15H2,1-4H3,(H,36,39)(H,37,42)(H,40,41). The van der Waals surface area contributed by atoms with Gasteiger partial charge in [0.2, 0.25) is 5.88 Å². The maximum absolute atomic E-state index is 13.8. The van der Waals surface area contributed by atoms with Gasteiger partial charge in [0.1, 0.15) is 16.7 Å². The number of methoxy groups -OCH3 is 1. The zero-order chi connectivity index (χ0) is 32.9. The molecule has 0 aromatic carbocycles. The largest absolute Gasteiger partial charge is 0.465 e. The number of alkyl halides is 3. The molecule has 4 N–H and O–H groups in total. The number of hydrogen-bond acceptors (Lipinski definition) is 9. The molecular formula is C29H35F3N6O7. The second kappa shape index (κ2) is 13.6. The summed E-state index contributed by atoms with van der Waals surface area (Å²) in [7, 11) is 1.59. The van der Waals surface area contributed by atoms with Crippen LogP contribution in [0.15, 0.2) is 35.1 Å². The lowest BCUT2D eigenvalue weighted by molar-refractivity contribution is -0.177. The normalized spacial score (nSPS) is 17.2. The Morgan fingerprint density at radius 2 is 1.91 bits per heavy atom. The summed E-state index contributed by atoms with van der Waals surface area (Å²) in [4.78, 5) is 47.5. The van der Waals surface area contributed by atoms with Crippen molar-refractivity contribution in [2.24, 2.45) is 5.92 Å². The van der Waals surface area contributed by atoms with E-state index in [-0.39, 0.29) is 40.5 Å². The van der Waals surface area contributed by atoms with E-state index in [0.29, 0.717) is 19.4 Å². The highest BCUT2D eigenvalue weighted by atomic mass is 19.4. The Labute approximate surface area is 256 Å². The van der Waals surface area contributed by atoms with E-state index in [4.69, 9.17) is 19.0 Å². The molecular weight excluding hydrogens is 601 g/mol. The van der Waals surface area contributed by atoms with Gasteiger partial charge in [-0.25, -0.2) is 9.59 Å². The number of anilines is 3. The van der Waals surface area contributed by atoms with Crippen molar-refractivity contribution in [3.63, 3.8) is 0 Å². The summed E-state index contributed by atoms with van der Waals surface area (Å²) >= 11 is 0. The molecule has 244 valence electrons. The van der Waals surface area contributed by atoms with E-state index < -0.39 is 54.8 Å². The zero-order valence-electron chi connectivity index (χ0n) is 25.2. The molecule has 16 heteroatoms. The van der Waals surface area contributed by atoms with Gasteiger partial charge in [0.05, 0.1) is 29.5 Å². The number of piperidine rings is 1. The third-order valence-corrected chi connectivity index (χ3v) is 6.87. The van der Waals surface area contributed by atoms with Gasteiger partial charge in [0, 0.05) is 39.2 Å². The molecule has 45 heavy (non-hydrogen) atoms. The van der Waals surface area contributed by atoms with Gasteiger partial charge in [-0.05, 0) is 57.7 Å². The second-order valence-corrected chi connectivity index (χ2v) is 11.6. The summed E-state index contributed by atoms with van der Waals surface area (Å²) in [6.45, 7) is 4.96. The van der Waals surface area contributed by atoms with Crippen molar-refractivity contribution in [1.82, 2.24) is 15.3 Å². The fourth-order valence-electron chi connectivity index (χ4n) is 5.03. The van der Waals surface area contributed by atoms with Crippen LogP contribution in [0.2, 0.25) is 0 Å². The van der Waals surface area contributed by atoms with Gasteiger partial charge in [-0.3, -0.25) is 20.1 Å². The van der Waals surface area contributed by atoms with Gasteiger partial charge in [-0.15, -0.1) is 0 Å². The van der Waals surface area contributed by atoms with Crippen molar-refractivity contribution in [2.45, 2.75) is 57.9 Å². The van der Waals surface area contributed by atoms with Crippen LogP contribution in [0.5, 0.6) is 0 Å². The Morgan fingerprint density at radius 3 is 2.58 bits per heavy atom. The zero-order valence-corrected chi connectivity index (χ0v) is 25.2. The van der Waals surface area contributed by atoms with Crippen LogP contribution in [0.1, 0.15) is 49.5 Å². The predicted octanol–water partition coefficient (Wildman–Crippen LogP) is 5.43. The lowest BCUT2D eigenvalue weighted by Crippen LogP contribution is -2.53. The van der Waals surface area contributed by atoms with Gasteiger partial charge in [0.25, 0.3) is 5.91 Å². The number of carboxylic acid groups (broad SMARTS) is 1. The number of rotatable bonds is 9. The van der Waals surface area contributed by atoms with Crippen LogP contribution in [0.4, 0.5) is 40.0 Å². The first-order valence-electron chi connectivity index (χ1n) is 14.1. The molecule has 0 saturated carbocycles. The fourth-order valence-corrected chi connectivity index (χ4v) is 5.03. The molecule has 13 nitrogen and oxygen atoms in total. The first-order valence-corrected chi connectivity index (χ1v) is 14.1. The van der Waals surface area contributed by atoms with Gasteiger partial charge in [-0.2, -0.15) is 13.2 Å². The van der Waals surface area contributed by atoms with Crippen molar-refractivity contribution in [3.8, 4) is 0 Å². The first-order chi connectivity index (χ1) is 21.1. The number of nitrogens with one attached hydrogen (secondary N) is 3. The Balaban J connectivity index is 1.68. The minimum absolute atomic E-state index is 0.0492. The number of amides is 3. The number of pyridine rings is 2. The lowest BCUT2D eigenvalue weighted by Gasteiger charge is -2.40. The third kappa shape index (κ3) is 8.74. The molecule has 1 fully saturated rings. The van der Waals surface area contributed by atoms with Crippen LogP contribution in [0.25, 0.3) is 11.1 Å². The van der Waals surface area contributed by atoms with Crippen LogP contribution in [-0.4, -0.2) is 77.8 Å². The molecule has 0 radical (unpaired) electrons. The summed E-state index contributed by atoms with van der Waals surface area (Å²) in [5, 5.41) is 16.4. The van der Waals surface area contributed by atoms with Gasteiger partial charge in [-0.1, -0.05) is 0 Å². The Morgan fingerprint density at radius 1 is 1.16 bits per heavy atom. The van der Waals surface area contributed by atoms with Crippen LogP contribution in [0.3, 0.4) is 0 Å². The second-order valence-electron chi connectivity index (χ2n) is 11.6. The summed E-state index contributed by atoms with van der Waals surface area (Å²) in [5.41, 5.74) is 0.366. The highest BCUT2D eigenvalue weighted by molar-refractivity contribution is 6.16. The molecule has 0 bridgehead atoms.